The second-order valence-electron chi connectivity index (χ2n) is 7.20. The fourth-order valence-corrected chi connectivity index (χ4v) is 4.49. The standard InChI is InChI=1S/C19H19F6N3O5S/c1-9-12(18(20,21)22)14-13(11(8-34-14)15(29)26-2)27-16(9)33-10-3-4-28(7-10)17(30)31-5-6-32-19(23,24)25/h8,10H,3-7H2,1-2H3,(H,26,29)/t10-/m0/s1. The molecule has 3 heterocycles. The Morgan fingerprint density at radius 1 is 1.24 bits per heavy atom. The van der Waals surface area contributed by atoms with E-state index < -0.39 is 49.4 Å². The van der Waals surface area contributed by atoms with Gasteiger partial charge in [-0.15, -0.1) is 24.5 Å². The van der Waals surface area contributed by atoms with Gasteiger partial charge in [0.15, 0.2) is 0 Å². The van der Waals surface area contributed by atoms with Crippen LogP contribution in [0.4, 0.5) is 31.1 Å². The highest BCUT2D eigenvalue weighted by atomic mass is 32.1. The van der Waals surface area contributed by atoms with Crippen LogP contribution in [-0.4, -0.2) is 67.7 Å². The number of nitrogens with one attached hydrogen (secondary N) is 1. The molecule has 1 aliphatic heterocycles. The van der Waals surface area contributed by atoms with Crippen LogP contribution in [0.3, 0.4) is 0 Å². The lowest BCUT2D eigenvalue weighted by molar-refractivity contribution is -0.326. The number of hydrogen-bond acceptors (Lipinski definition) is 7. The summed E-state index contributed by atoms with van der Waals surface area (Å²) < 4.78 is 91.0. The molecule has 34 heavy (non-hydrogen) atoms. The van der Waals surface area contributed by atoms with Gasteiger partial charge in [-0.25, -0.2) is 9.78 Å². The number of alkyl halides is 6. The van der Waals surface area contributed by atoms with Crippen molar-refractivity contribution in [1.82, 2.24) is 15.2 Å². The summed E-state index contributed by atoms with van der Waals surface area (Å²) in [5.41, 5.74) is -1.42. The third kappa shape index (κ3) is 5.81. The van der Waals surface area contributed by atoms with E-state index in [0.29, 0.717) is 0 Å². The van der Waals surface area contributed by atoms with Crippen LogP contribution in [0.5, 0.6) is 5.88 Å². The molecule has 0 radical (unpaired) electrons. The van der Waals surface area contributed by atoms with Crippen LogP contribution in [0.2, 0.25) is 0 Å². The number of amides is 2. The molecule has 2 aromatic rings. The number of fused-ring (bicyclic) bond motifs is 1. The van der Waals surface area contributed by atoms with Crippen LogP contribution < -0.4 is 10.1 Å². The summed E-state index contributed by atoms with van der Waals surface area (Å²) in [7, 11) is 1.34. The zero-order valence-corrected chi connectivity index (χ0v) is 18.6. The summed E-state index contributed by atoms with van der Waals surface area (Å²) in [5, 5.41) is 3.63. The number of likely N-dealkylation sites (tertiary alicyclic amines) is 1. The lowest BCUT2D eigenvalue weighted by Crippen LogP contribution is -2.32. The Kier molecular flexibility index (Phi) is 7.45. The molecule has 2 aromatic heterocycles. The molecule has 1 atom stereocenters. The smallest absolute Gasteiger partial charge is 0.472 e. The minimum absolute atomic E-state index is 0.0319. The highest BCUT2D eigenvalue weighted by Crippen LogP contribution is 2.43. The number of carbonyl (C=O) groups excluding carboxylic acids is 2. The molecule has 0 saturated carbocycles. The van der Waals surface area contributed by atoms with Crippen LogP contribution >= 0.6 is 11.3 Å². The van der Waals surface area contributed by atoms with Gasteiger partial charge in [0.1, 0.15) is 12.7 Å². The zero-order chi connectivity index (χ0) is 25.3. The molecular formula is C19H19F6N3O5S. The molecular weight excluding hydrogens is 496 g/mol. The molecule has 0 aliphatic carbocycles. The molecule has 1 saturated heterocycles. The average Bonchev–Trinajstić information content (AvgIpc) is 3.36. The maximum atomic E-state index is 13.8. The van der Waals surface area contributed by atoms with Crippen molar-refractivity contribution in [2.75, 3.05) is 33.4 Å². The van der Waals surface area contributed by atoms with Crippen molar-refractivity contribution >= 4 is 33.6 Å². The minimum Gasteiger partial charge on any atom is -0.472 e. The predicted molar refractivity (Wildman–Crippen MR) is 107 cm³/mol. The van der Waals surface area contributed by atoms with Gasteiger partial charge in [0.25, 0.3) is 5.91 Å². The third-order valence-electron chi connectivity index (χ3n) is 4.91. The Bertz CT molecular complexity index is 1070. The van der Waals surface area contributed by atoms with Gasteiger partial charge in [0, 0.05) is 31.0 Å². The van der Waals surface area contributed by atoms with Crippen molar-refractivity contribution < 1.29 is 50.1 Å². The minimum atomic E-state index is -4.85. The zero-order valence-electron chi connectivity index (χ0n) is 17.8. The number of halogens is 6. The number of aromatic nitrogens is 1. The molecule has 1 fully saturated rings. The SMILES string of the molecule is CNC(=O)c1csc2c(C(F)(F)F)c(C)c(O[C@H]3CCN(C(=O)OCCOC(F)(F)F)C3)nc12. The fourth-order valence-electron chi connectivity index (χ4n) is 3.38. The van der Waals surface area contributed by atoms with Crippen molar-refractivity contribution in [1.29, 1.82) is 0 Å². The molecule has 0 spiro atoms. The molecule has 1 aliphatic rings. The van der Waals surface area contributed by atoms with Crippen LogP contribution in [0, 0.1) is 6.92 Å². The first-order valence-electron chi connectivity index (χ1n) is 9.82. The molecule has 3 rings (SSSR count). The third-order valence-corrected chi connectivity index (χ3v) is 5.90. The molecule has 8 nitrogen and oxygen atoms in total. The molecule has 0 aromatic carbocycles. The Balaban J connectivity index is 1.75. The summed E-state index contributed by atoms with van der Waals surface area (Å²) in [6.07, 6.45) is -11.0. The van der Waals surface area contributed by atoms with Crippen molar-refractivity contribution in [2.24, 2.45) is 0 Å². The summed E-state index contributed by atoms with van der Waals surface area (Å²) in [4.78, 5) is 29.4. The van der Waals surface area contributed by atoms with Gasteiger partial charge < -0.3 is 19.7 Å². The van der Waals surface area contributed by atoms with Crippen LogP contribution in [0.15, 0.2) is 5.38 Å². The van der Waals surface area contributed by atoms with E-state index in [4.69, 9.17) is 9.47 Å². The van der Waals surface area contributed by atoms with Gasteiger partial charge in [-0.2, -0.15) is 13.2 Å². The quantitative estimate of drug-likeness (QED) is 0.460. The summed E-state index contributed by atoms with van der Waals surface area (Å²) in [6.45, 7) is -0.274. The number of pyridine rings is 1. The number of hydrogen-bond donors (Lipinski definition) is 1. The number of rotatable bonds is 6. The number of ether oxygens (including phenoxy) is 3. The van der Waals surface area contributed by atoms with Gasteiger partial charge in [-0.3, -0.25) is 9.53 Å². The Labute approximate surface area is 192 Å². The van der Waals surface area contributed by atoms with E-state index in [1.807, 2.05) is 0 Å². The topological polar surface area (TPSA) is 90.0 Å². The lowest BCUT2D eigenvalue weighted by atomic mass is 10.1. The second kappa shape index (κ2) is 9.82. The van der Waals surface area contributed by atoms with Crippen molar-refractivity contribution in [3.63, 3.8) is 0 Å². The van der Waals surface area contributed by atoms with E-state index in [2.05, 4.69) is 15.0 Å². The number of thiophene rings is 1. The van der Waals surface area contributed by atoms with E-state index in [9.17, 15) is 35.9 Å². The Hall–Kier alpha value is -2.81. The molecule has 1 N–H and O–H groups in total. The van der Waals surface area contributed by atoms with Crippen LogP contribution in [-0.2, 0) is 15.7 Å². The van der Waals surface area contributed by atoms with Crippen molar-refractivity contribution in [3.8, 4) is 5.88 Å². The van der Waals surface area contributed by atoms with Gasteiger partial charge >= 0.3 is 18.6 Å². The predicted octanol–water partition coefficient (Wildman–Crippen LogP) is 4.11. The summed E-state index contributed by atoms with van der Waals surface area (Å²) in [6, 6.07) is 0. The summed E-state index contributed by atoms with van der Waals surface area (Å²) >= 11 is 0.743. The molecule has 0 unspecified atom stereocenters. The van der Waals surface area contributed by atoms with E-state index in [1.165, 1.54) is 19.4 Å². The normalized spacial score (nSPS) is 16.7. The first-order chi connectivity index (χ1) is 15.8. The van der Waals surface area contributed by atoms with E-state index in [1.54, 1.807) is 0 Å². The highest BCUT2D eigenvalue weighted by Gasteiger charge is 2.39. The first-order valence-corrected chi connectivity index (χ1v) is 10.7. The second-order valence-corrected chi connectivity index (χ2v) is 8.08. The number of nitrogens with zero attached hydrogens (tertiary/aromatic N) is 2. The number of carbonyl (C=O) groups is 2. The molecule has 2 amide bonds. The van der Waals surface area contributed by atoms with E-state index in [-0.39, 0.29) is 46.7 Å². The van der Waals surface area contributed by atoms with Crippen molar-refractivity contribution in [2.45, 2.75) is 32.0 Å². The first kappa shape index (κ1) is 25.8. The molecule has 15 heteroatoms. The Morgan fingerprint density at radius 2 is 1.94 bits per heavy atom. The maximum Gasteiger partial charge on any atom is 0.522 e. The van der Waals surface area contributed by atoms with Gasteiger partial charge in [0.05, 0.1) is 34.5 Å². The van der Waals surface area contributed by atoms with E-state index >= 15 is 0 Å². The van der Waals surface area contributed by atoms with Gasteiger partial charge in [-0.05, 0) is 6.92 Å². The van der Waals surface area contributed by atoms with Gasteiger partial charge in [0.2, 0.25) is 5.88 Å². The molecule has 188 valence electrons. The lowest BCUT2D eigenvalue weighted by Gasteiger charge is -2.19. The average molecular weight is 515 g/mol. The highest BCUT2D eigenvalue weighted by molar-refractivity contribution is 7.17. The van der Waals surface area contributed by atoms with E-state index in [0.717, 1.165) is 16.2 Å². The fraction of sp³-hybridized carbons (Fsp3) is 0.526. The van der Waals surface area contributed by atoms with Crippen molar-refractivity contribution in [3.05, 3.63) is 22.1 Å². The Morgan fingerprint density at radius 3 is 2.56 bits per heavy atom. The molecule has 0 bridgehead atoms. The monoisotopic (exact) mass is 515 g/mol. The largest absolute Gasteiger partial charge is 0.522 e. The van der Waals surface area contributed by atoms with Gasteiger partial charge in [-0.1, -0.05) is 0 Å². The van der Waals surface area contributed by atoms with Crippen LogP contribution in [0.25, 0.3) is 10.2 Å². The summed E-state index contributed by atoms with van der Waals surface area (Å²) in [5.74, 6) is -0.937. The van der Waals surface area contributed by atoms with Crippen LogP contribution in [0.1, 0.15) is 27.9 Å². The maximum absolute atomic E-state index is 13.8.